The Hall–Kier alpha value is -3.04. The third kappa shape index (κ3) is 5.36. The van der Waals surface area contributed by atoms with E-state index in [9.17, 15) is 4.79 Å². The second-order valence-electron chi connectivity index (χ2n) is 7.74. The number of esters is 1. The van der Waals surface area contributed by atoms with E-state index in [0.29, 0.717) is 16.3 Å². The number of halogens is 1. The smallest absolute Gasteiger partial charge is 0.337 e. The van der Waals surface area contributed by atoms with E-state index in [-0.39, 0.29) is 6.10 Å². The van der Waals surface area contributed by atoms with Crippen molar-refractivity contribution < 1.29 is 14.3 Å². The number of carbonyl (C=O) groups is 1. The van der Waals surface area contributed by atoms with Crippen LogP contribution in [0.4, 0.5) is 0 Å². The minimum atomic E-state index is -0.405. The van der Waals surface area contributed by atoms with E-state index in [1.165, 1.54) is 29.4 Å². The van der Waals surface area contributed by atoms with Crippen molar-refractivity contribution in [1.82, 2.24) is 0 Å². The van der Waals surface area contributed by atoms with Gasteiger partial charge in [0.2, 0.25) is 0 Å². The zero-order valence-electron chi connectivity index (χ0n) is 17.5. The molecule has 0 bridgehead atoms. The molecule has 1 aliphatic rings. The molecule has 4 heteroatoms. The summed E-state index contributed by atoms with van der Waals surface area (Å²) >= 11 is 6.30. The number of allylic oxidation sites excluding steroid dienone is 1. The predicted octanol–water partition coefficient (Wildman–Crippen LogP) is 7.20. The first-order valence-corrected chi connectivity index (χ1v) is 10.9. The fourth-order valence-corrected chi connectivity index (χ4v) is 4.11. The molecule has 158 valence electrons. The molecule has 0 spiro atoms. The molecule has 0 aromatic heterocycles. The van der Waals surface area contributed by atoms with Gasteiger partial charge in [0.15, 0.2) is 0 Å². The number of carbonyl (C=O) groups excluding carboxylic acids is 1. The number of methoxy groups -OCH3 is 1. The summed E-state index contributed by atoms with van der Waals surface area (Å²) in [4.78, 5) is 11.6. The van der Waals surface area contributed by atoms with Gasteiger partial charge in [0.1, 0.15) is 5.75 Å². The van der Waals surface area contributed by atoms with Crippen molar-refractivity contribution in [2.24, 2.45) is 0 Å². The predicted molar refractivity (Wildman–Crippen MR) is 126 cm³/mol. The average Bonchev–Trinajstić information content (AvgIpc) is 2.82. The highest BCUT2D eigenvalue weighted by atomic mass is 35.5. The summed E-state index contributed by atoms with van der Waals surface area (Å²) in [6.07, 6.45) is 6.32. The van der Waals surface area contributed by atoms with Gasteiger partial charge in [0.05, 0.1) is 23.8 Å². The van der Waals surface area contributed by atoms with Crippen molar-refractivity contribution >= 4 is 23.6 Å². The molecule has 1 aliphatic carbocycles. The highest BCUT2D eigenvalue weighted by Crippen LogP contribution is 2.32. The summed E-state index contributed by atoms with van der Waals surface area (Å²) < 4.78 is 10.8. The third-order valence-electron chi connectivity index (χ3n) is 5.61. The summed E-state index contributed by atoms with van der Waals surface area (Å²) in [6.45, 7) is 0. The van der Waals surface area contributed by atoms with Gasteiger partial charge in [-0.25, -0.2) is 4.79 Å². The standard InChI is InChI=1S/C27H25ClO3/c1-30-27(29)23-13-16-26(25(28)18-23)31-24-14-9-20(10-15-24)17-19-7-11-22(12-8-19)21-5-3-2-4-6-21/h2-8,11-13,16-18,24H,9-10,14-15H2,1H3. The van der Waals surface area contributed by atoms with Gasteiger partial charge < -0.3 is 9.47 Å². The maximum atomic E-state index is 11.6. The molecule has 0 saturated heterocycles. The van der Waals surface area contributed by atoms with Crippen molar-refractivity contribution in [2.45, 2.75) is 31.8 Å². The Morgan fingerprint density at radius 2 is 1.61 bits per heavy atom. The third-order valence-corrected chi connectivity index (χ3v) is 5.91. The minimum Gasteiger partial charge on any atom is -0.489 e. The molecule has 3 aromatic carbocycles. The second-order valence-corrected chi connectivity index (χ2v) is 8.15. The van der Waals surface area contributed by atoms with Crippen molar-refractivity contribution in [3.63, 3.8) is 0 Å². The van der Waals surface area contributed by atoms with Gasteiger partial charge in [-0.1, -0.05) is 77.8 Å². The maximum Gasteiger partial charge on any atom is 0.337 e. The number of rotatable bonds is 5. The largest absolute Gasteiger partial charge is 0.489 e. The van der Waals surface area contributed by atoms with Crippen LogP contribution in [0.25, 0.3) is 17.2 Å². The lowest BCUT2D eigenvalue weighted by Crippen LogP contribution is -2.21. The fourth-order valence-electron chi connectivity index (χ4n) is 3.88. The minimum absolute atomic E-state index is 0.124. The van der Waals surface area contributed by atoms with Gasteiger partial charge in [0, 0.05) is 0 Å². The summed E-state index contributed by atoms with van der Waals surface area (Å²) in [6, 6.07) is 24.2. The molecule has 0 unspecified atom stereocenters. The van der Waals surface area contributed by atoms with Gasteiger partial charge in [-0.3, -0.25) is 0 Å². The second kappa shape index (κ2) is 9.84. The first-order chi connectivity index (χ1) is 15.1. The zero-order chi connectivity index (χ0) is 21.6. The molecule has 1 saturated carbocycles. The lowest BCUT2D eigenvalue weighted by Gasteiger charge is -2.25. The summed E-state index contributed by atoms with van der Waals surface area (Å²) in [5.41, 5.74) is 5.56. The molecule has 3 nitrogen and oxygen atoms in total. The van der Waals surface area contributed by atoms with E-state index in [4.69, 9.17) is 21.1 Å². The average molecular weight is 433 g/mol. The van der Waals surface area contributed by atoms with Crippen LogP contribution in [0.1, 0.15) is 41.6 Å². The Kier molecular flexibility index (Phi) is 6.73. The van der Waals surface area contributed by atoms with Crippen LogP contribution in [-0.2, 0) is 4.74 Å². The Morgan fingerprint density at radius 3 is 2.26 bits per heavy atom. The lowest BCUT2D eigenvalue weighted by molar-refractivity contribution is 0.0600. The summed E-state index contributed by atoms with van der Waals surface area (Å²) in [7, 11) is 1.35. The molecule has 0 atom stereocenters. The summed E-state index contributed by atoms with van der Waals surface area (Å²) in [5.74, 6) is 0.209. The van der Waals surface area contributed by atoms with Gasteiger partial charge in [-0.05, 0) is 60.6 Å². The van der Waals surface area contributed by atoms with E-state index in [1.807, 2.05) is 6.07 Å². The normalized spacial score (nSPS) is 15.9. The highest BCUT2D eigenvalue weighted by Gasteiger charge is 2.20. The van der Waals surface area contributed by atoms with Gasteiger partial charge in [0.25, 0.3) is 0 Å². The first-order valence-electron chi connectivity index (χ1n) is 10.5. The van der Waals surface area contributed by atoms with Crippen molar-refractivity contribution in [2.75, 3.05) is 7.11 Å². The molecular weight excluding hydrogens is 408 g/mol. The monoisotopic (exact) mass is 432 g/mol. The van der Waals surface area contributed by atoms with Gasteiger partial charge in [-0.15, -0.1) is 0 Å². The number of hydrogen-bond acceptors (Lipinski definition) is 3. The highest BCUT2D eigenvalue weighted by molar-refractivity contribution is 6.32. The molecule has 0 aliphatic heterocycles. The molecule has 3 aromatic rings. The topological polar surface area (TPSA) is 35.5 Å². The molecule has 31 heavy (non-hydrogen) atoms. The lowest BCUT2D eigenvalue weighted by atomic mass is 9.91. The Labute approximate surface area is 188 Å². The van der Waals surface area contributed by atoms with Gasteiger partial charge in [-0.2, -0.15) is 0 Å². The van der Waals surface area contributed by atoms with Crippen LogP contribution in [0.15, 0.2) is 78.4 Å². The van der Waals surface area contributed by atoms with Crippen LogP contribution in [0.3, 0.4) is 0 Å². The van der Waals surface area contributed by atoms with Crippen LogP contribution in [0, 0.1) is 0 Å². The van der Waals surface area contributed by atoms with Crippen molar-refractivity contribution in [3.8, 4) is 16.9 Å². The maximum absolute atomic E-state index is 11.6. The zero-order valence-corrected chi connectivity index (χ0v) is 18.3. The quantitative estimate of drug-likeness (QED) is 0.400. The van der Waals surface area contributed by atoms with Crippen molar-refractivity contribution in [3.05, 3.63) is 94.5 Å². The van der Waals surface area contributed by atoms with Crippen LogP contribution in [0.2, 0.25) is 5.02 Å². The SMILES string of the molecule is COC(=O)c1ccc(OC2CCC(=Cc3ccc(-c4ccccc4)cc3)CC2)c(Cl)c1. The van der Waals surface area contributed by atoms with Crippen LogP contribution in [0.5, 0.6) is 5.75 Å². The summed E-state index contributed by atoms with van der Waals surface area (Å²) in [5, 5.41) is 0.433. The molecule has 0 heterocycles. The van der Waals surface area contributed by atoms with Gasteiger partial charge >= 0.3 is 5.97 Å². The Balaban J connectivity index is 1.34. The molecule has 4 rings (SSSR count). The van der Waals surface area contributed by atoms with Crippen LogP contribution >= 0.6 is 11.6 Å². The molecule has 0 N–H and O–H groups in total. The Bertz CT molecular complexity index is 1060. The number of benzene rings is 3. The van der Waals surface area contributed by atoms with E-state index in [1.54, 1.807) is 18.2 Å². The van der Waals surface area contributed by atoms with Crippen LogP contribution in [-0.4, -0.2) is 19.2 Å². The Morgan fingerprint density at radius 1 is 0.935 bits per heavy atom. The molecular formula is C27H25ClO3. The van der Waals surface area contributed by atoms with E-state index >= 15 is 0 Å². The van der Waals surface area contributed by atoms with E-state index in [0.717, 1.165) is 25.7 Å². The number of hydrogen-bond donors (Lipinski definition) is 0. The molecule has 0 radical (unpaired) electrons. The fraction of sp³-hybridized carbons (Fsp3) is 0.222. The van der Waals surface area contributed by atoms with E-state index < -0.39 is 5.97 Å². The van der Waals surface area contributed by atoms with Crippen molar-refractivity contribution in [1.29, 1.82) is 0 Å². The molecule has 1 fully saturated rings. The number of ether oxygens (including phenoxy) is 2. The van der Waals surface area contributed by atoms with Crippen LogP contribution < -0.4 is 4.74 Å². The first kappa shape index (κ1) is 21.2. The van der Waals surface area contributed by atoms with E-state index in [2.05, 4.69) is 54.6 Å². The molecule has 0 amide bonds.